The molecule has 2 rings (SSSR count). The number of nitrogens with one attached hydrogen (secondary N) is 1. The van der Waals surface area contributed by atoms with Gasteiger partial charge in [0, 0.05) is 26.7 Å². The zero-order valence-corrected chi connectivity index (χ0v) is 10.6. The summed E-state index contributed by atoms with van der Waals surface area (Å²) in [6, 6.07) is 12.1. The molecule has 1 aromatic heterocycles. The van der Waals surface area contributed by atoms with Gasteiger partial charge in [0.05, 0.1) is 0 Å². The van der Waals surface area contributed by atoms with Crippen molar-refractivity contribution in [1.29, 1.82) is 0 Å². The van der Waals surface area contributed by atoms with E-state index in [1.54, 1.807) is 0 Å². The van der Waals surface area contributed by atoms with Gasteiger partial charge in [0.15, 0.2) is 0 Å². The van der Waals surface area contributed by atoms with Crippen LogP contribution in [0.4, 0.5) is 17.6 Å². The molecule has 0 amide bonds. The Morgan fingerprint density at radius 1 is 1.22 bits per heavy atom. The summed E-state index contributed by atoms with van der Waals surface area (Å²) in [6.45, 7) is 0.778. The zero-order chi connectivity index (χ0) is 13.0. The lowest BCUT2D eigenvalue weighted by Gasteiger charge is -2.19. The molecule has 0 radical (unpaired) electrons. The first-order valence-electron chi connectivity index (χ1n) is 5.76. The second kappa shape index (κ2) is 5.35. The maximum Gasteiger partial charge on any atom is 0.223 e. The van der Waals surface area contributed by atoms with Gasteiger partial charge in [0.25, 0.3) is 0 Å². The number of nitrogens with two attached hydrogens (primary N) is 1. The van der Waals surface area contributed by atoms with Crippen molar-refractivity contribution >= 4 is 17.6 Å². The van der Waals surface area contributed by atoms with E-state index in [9.17, 15) is 0 Å². The van der Waals surface area contributed by atoms with Crippen LogP contribution in [-0.4, -0.2) is 24.1 Å². The molecule has 1 heterocycles. The number of rotatable bonds is 4. The van der Waals surface area contributed by atoms with Crippen LogP contribution in [0.3, 0.4) is 0 Å². The van der Waals surface area contributed by atoms with Gasteiger partial charge >= 0.3 is 0 Å². The highest BCUT2D eigenvalue weighted by molar-refractivity contribution is 5.52. The van der Waals surface area contributed by atoms with Crippen LogP contribution in [0.25, 0.3) is 0 Å². The molecule has 0 fully saturated rings. The number of nitrogen functional groups attached to an aromatic ring is 1. The van der Waals surface area contributed by atoms with Crippen LogP contribution in [0.2, 0.25) is 0 Å². The molecule has 5 nitrogen and oxygen atoms in total. The minimum Gasteiger partial charge on any atom is -0.373 e. The number of hydrogen-bond acceptors (Lipinski definition) is 5. The molecule has 0 atom stereocenters. The molecule has 2 aromatic rings. The minimum absolute atomic E-state index is 0.275. The van der Waals surface area contributed by atoms with Gasteiger partial charge in [-0.25, -0.2) is 0 Å². The molecule has 94 valence electrons. The predicted octanol–water partition coefficient (Wildman–Crippen LogP) is 1.74. The van der Waals surface area contributed by atoms with Gasteiger partial charge in [-0.3, -0.25) is 0 Å². The Morgan fingerprint density at radius 2 is 1.94 bits per heavy atom. The lowest BCUT2D eigenvalue weighted by atomic mass is 10.2. The van der Waals surface area contributed by atoms with Gasteiger partial charge in [0.2, 0.25) is 5.95 Å². The molecule has 0 spiro atoms. The van der Waals surface area contributed by atoms with Crippen molar-refractivity contribution in [3.8, 4) is 0 Å². The second-order valence-corrected chi connectivity index (χ2v) is 4.06. The summed E-state index contributed by atoms with van der Waals surface area (Å²) < 4.78 is 0. The molecule has 0 bridgehead atoms. The van der Waals surface area contributed by atoms with Crippen molar-refractivity contribution in [2.24, 2.45) is 0 Å². The molecule has 0 aliphatic heterocycles. The fourth-order valence-electron chi connectivity index (χ4n) is 1.71. The fraction of sp³-hybridized carbons (Fsp3) is 0.231. The number of anilines is 3. The third kappa shape index (κ3) is 2.88. The van der Waals surface area contributed by atoms with Crippen LogP contribution in [0, 0.1) is 0 Å². The van der Waals surface area contributed by atoms with Crippen molar-refractivity contribution in [2.75, 3.05) is 30.0 Å². The molecule has 0 saturated carbocycles. The normalized spacial score (nSPS) is 10.1. The first-order chi connectivity index (χ1) is 8.69. The molecule has 0 saturated heterocycles. The van der Waals surface area contributed by atoms with Gasteiger partial charge in [0.1, 0.15) is 11.6 Å². The SMILES string of the molecule is CNc1cc(N(C)Cc2ccccc2)nc(N)n1. The number of nitrogens with zero attached hydrogens (tertiary/aromatic N) is 3. The molecule has 0 aliphatic carbocycles. The topological polar surface area (TPSA) is 67.1 Å². The summed E-state index contributed by atoms with van der Waals surface area (Å²) in [6.07, 6.45) is 0. The van der Waals surface area contributed by atoms with E-state index >= 15 is 0 Å². The van der Waals surface area contributed by atoms with E-state index in [1.165, 1.54) is 5.56 Å². The Morgan fingerprint density at radius 3 is 2.61 bits per heavy atom. The fourth-order valence-corrected chi connectivity index (χ4v) is 1.71. The van der Waals surface area contributed by atoms with Gasteiger partial charge in [-0.2, -0.15) is 9.97 Å². The largest absolute Gasteiger partial charge is 0.373 e. The van der Waals surface area contributed by atoms with Gasteiger partial charge in [-0.1, -0.05) is 30.3 Å². The predicted molar refractivity (Wildman–Crippen MR) is 74.5 cm³/mol. The number of hydrogen-bond donors (Lipinski definition) is 2. The standard InChI is InChI=1S/C13H17N5/c1-15-11-8-12(17-13(14)16-11)18(2)9-10-6-4-3-5-7-10/h3-8H,9H2,1-2H3,(H3,14,15,16,17). The van der Waals surface area contributed by atoms with Gasteiger partial charge in [-0.15, -0.1) is 0 Å². The highest BCUT2D eigenvalue weighted by Crippen LogP contribution is 2.17. The summed E-state index contributed by atoms with van der Waals surface area (Å²) in [5.74, 6) is 1.80. The smallest absolute Gasteiger partial charge is 0.223 e. The van der Waals surface area contributed by atoms with Crippen LogP contribution in [0.5, 0.6) is 0 Å². The van der Waals surface area contributed by atoms with E-state index in [2.05, 4.69) is 27.4 Å². The maximum absolute atomic E-state index is 5.68. The summed E-state index contributed by atoms with van der Waals surface area (Å²) in [4.78, 5) is 10.3. The van der Waals surface area contributed by atoms with Crippen LogP contribution in [-0.2, 0) is 6.54 Å². The van der Waals surface area contributed by atoms with Crippen molar-refractivity contribution in [3.63, 3.8) is 0 Å². The third-order valence-electron chi connectivity index (χ3n) is 2.64. The van der Waals surface area contributed by atoms with Crippen LogP contribution in [0.15, 0.2) is 36.4 Å². The molecule has 0 unspecified atom stereocenters. The van der Waals surface area contributed by atoms with E-state index in [4.69, 9.17) is 5.73 Å². The Balaban J connectivity index is 2.18. The average molecular weight is 243 g/mol. The summed E-state index contributed by atoms with van der Waals surface area (Å²) in [5.41, 5.74) is 6.90. The Bertz CT molecular complexity index is 512. The lowest BCUT2D eigenvalue weighted by molar-refractivity contribution is 0.894. The number of aromatic nitrogens is 2. The summed E-state index contributed by atoms with van der Waals surface area (Å²) >= 11 is 0. The first-order valence-corrected chi connectivity index (χ1v) is 5.76. The average Bonchev–Trinajstić information content (AvgIpc) is 2.39. The number of benzene rings is 1. The molecule has 18 heavy (non-hydrogen) atoms. The molecule has 5 heteroatoms. The maximum atomic E-state index is 5.68. The van der Waals surface area contributed by atoms with Gasteiger partial charge in [-0.05, 0) is 5.56 Å². The second-order valence-electron chi connectivity index (χ2n) is 4.06. The van der Waals surface area contributed by atoms with Crippen molar-refractivity contribution in [1.82, 2.24) is 9.97 Å². The summed E-state index contributed by atoms with van der Waals surface area (Å²) in [5, 5.41) is 2.97. The first kappa shape index (κ1) is 12.2. The van der Waals surface area contributed by atoms with Crippen molar-refractivity contribution < 1.29 is 0 Å². The molecular weight excluding hydrogens is 226 g/mol. The highest BCUT2D eigenvalue weighted by atomic mass is 15.2. The van der Waals surface area contributed by atoms with Crippen molar-refractivity contribution in [2.45, 2.75) is 6.54 Å². The van der Waals surface area contributed by atoms with Gasteiger partial charge < -0.3 is 16.0 Å². The van der Waals surface area contributed by atoms with Crippen LogP contribution < -0.4 is 16.0 Å². The van der Waals surface area contributed by atoms with Crippen LogP contribution in [0.1, 0.15) is 5.56 Å². The van der Waals surface area contributed by atoms with E-state index in [-0.39, 0.29) is 5.95 Å². The lowest BCUT2D eigenvalue weighted by Crippen LogP contribution is -2.18. The zero-order valence-electron chi connectivity index (χ0n) is 10.6. The van der Waals surface area contributed by atoms with Crippen molar-refractivity contribution in [3.05, 3.63) is 42.0 Å². The monoisotopic (exact) mass is 243 g/mol. The minimum atomic E-state index is 0.275. The molecule has 0 aliphatic rings. The van der Waals surface area contributed by atoms with E-state index < -0.39 is 0 Å². The molecular formula is C13H17N5. The highest BCUT2D eigenvalue weighted by Gasteiger charge is 2.06. The van der Waals surface area contributed by atoms with E-state index in [0.29, 0.717) is 0 Å². The van der Waals surface area contributed by atoms with E-state index in [1.807, 2.05) is 43.3 Å². The Labute approximate surface area is 107 Å². The Hall–Kier alpha value is -2.30. The molecule has 1 aromatic carbocycles. The Kier molecular flexibility index (Phi) is 3.62. The quantitative estimate of drug-likeness (QED) is 0.856. The van der Waals surface area contributed by atoms with E-state index in [0.717, 1.165) is 18.2 Å². The molecule has 3 N–H and O–H groups in total. The third-order valence-corrected chi connectivity index (χ3v) is 2.64. The summed E-state index contributed by atoms with van der Waals surface area (Å²) in [7, 11) is 3.79. The van der Waals surface area contributed by atoms with Crippen LogP contribution >= 0.6 is 0 Å².